The summed E-state index contributed by atoms with van der Waals surface area (Å²) in [6.45, 7) is 0. The minimum atomic E-state index is -1.12. The highest BCUT2D eigenvalue weighted by Crippen LogP contribution is 2.30. The molecule has 18 heavy (non-hydrogen) atoms. The van der Waals surface area contributed by atoms with Gasteiger partial charge in [-0.1, -0.05) is 30.3 Å². The summed E-state index contributed by atoms with van der Waals surface area (Å²) in [7, 11) is 0. The monoisotopic (exact) mass is 240 g/mol. The quantitative estimate of drug-likeness (QED) is 0.641. The summed E-state index contributed by atoms with van der Waals surface area (Å²) >= 11 is 0. The van der Waals surface area contributed by atoms with Crippen molar-refractivity contribution in [2.45, 2.75) is 0 Å². The number of hydrogen-bond acceptors (Lipinski definition) is 3. The van der Waals surface area contributed by atoms with Crippen LogP contribution in [0.4, 0.5) is 0 Å². The summed E-state index contributed by atoms with van der Waals surface area (Å²) in [6.07, 6.45) is 0. The van der Waals surface area contributed by atoms with Crippen LogP contribution in [0.1, 0.15) is 11.9 Å². The molecule has 0 fully saturated rings. The molecule has 1 aromatic heterocycles. The Labute approximate surface area is 104 Å². The van der Waals surface area contributed by atoms with Gasteiger partial charge in [-0.25, -0.2) is 9.78 Å². The van der Waals surface area contributed by atoms with Gasteiger partial charge >= 0.3 is 5.97 Å². The first kappa shape index (κ1) is 9.41. The summed E-state index contributed by atoms with van der Waals surface area (Å²) in [5.41, 5.74) is 0.304. The molecule has 0 aliphatic carbocycles. The van der Waals surface area contributed by atoms with Crippen molar-refractivity contribution in [1.82, 2.24) is 4.98 Å². The predicted octanol–water partition coefficient (Wildman–Crippen LogP) is 2.79. The topological polar surface area (TPSA) is 70.4 Å². The van der Waals surface area contributed by atoms with Crippen molar-refractivity contribution >= 4 is 27.6 Å². The van der Waals surface area contributed by atoms with Gasteiger partial charge in [-0.15, -0.1) is 0 Å². The van der Waals surface area contributed by atoms with E-state index in [4.69, 9.17) is 6.48 Å². The summed E-state index contributed by atoms with van der Waals surface area (Å²) in [4.78, 5) is 15.0. The fourth-order valence-corrected chi connectivity index (χ4v) is 1.97. The van der Waals surface area contributed by atoms with Gasteiger partial charge < -0.3 is 10.2 Å². The SMILES string of the molecule is [2H]c1cc2ccc(C(=O)O)nc2c2c(O)cccc12. The number of hydrogen-bond donors (Lipinski definition) is 2. The van der Waals surface area contributed by atoms with Gasteiger partial charge in [-0.3, -0.25) is 0 Å². The number of carbonyl (C=O) groups is 1. The number of aromatic carboxylic acids is 1. The first-order valence-corrected chi connectivity index (χ1v) is 5.33. The highest BCUT2D eigenvalue weighted by Gasteiger charge is 2.10. The highest BCUT2D eigenvalue weighted by atomic mass is 16.4. The molecule has 4 heteroatoms. The number of phenolic OH excluding ortho intramolecular Hbond substituents is 1. The number of nitrogens with zero attached hydrogens (tertiary/aromatic N) is 1. The van der Waals surface area contributed by atoms with Crippen LogP contribution in [0.5, 0.6) is 5.75 Å². The van der Waals surface area contributed by atoms with Crippen molar-refractivity contribution in [3.63, 3.8) is 0 Å². The molecule has 1 heterocycles. The van der Waals surface area contributed by atoms with Crippen LogP contribution in [-0.2, 0) is 0 Å². The van der Waals surface area contributed by atoms with Crippen LogP contribution < -0.4 is 0 Å². The van der Waals surface area contributed by atoms with Gasteiger partial charge in [-0.05, 0) is 17.5 Å². The Morgan fingerprint density at radius 1 is 1.17 bits per heavy atom. The van der Waals surface area contributed by atoms with Crippen LogP contribution in [0.2, 0.25) is 0 Å². The smallest absolute Gasteiger partial charge is 0.354 e. The Bertz CT molecular complexity index is 830. The van der Waals surface area contributed by atoms with Gasteiger partial charge in [0.15, 0.2) is 0 Å². The minimum Gasteiger partial charge on any atom is -0.507 e. The molecule has 0 spiro atoms. The number of fused-ring (bicyclic) bond motifs is 3. The van der Waals surface area contributed by atoms with Gasteiger partial charge in [0.05, 0.1) is 6.89 Å². The number of carboxylic acids is 1. The molecule has 0 aliphatic rings. The van der Waals surface area contributed by atoms with E-state index < -0.39 is 5.97 Å². The minimum absolute atomic E-state index is 0.00774. The highest BCUT2D eigenvalue weighted by molar-refractivity contribution is 6.09. The zero-order valence-corrected chi connectivity index (χ0v) is 9.21. The zero-order valence-electron chi connectivity index (χ0n) is 10.2. The van der Waals surface area contributed by atoms with E-state index in [0.29, 0.717) is 21.7 Å². The molecular formula is C14H9NO3. The molecule has 0 bridgehead atoms. The number of pyridine rings is 1. The van der Waals surface area contributed by atoms with Crippen LogP contribution in [-0.4, -0.2) is 21.2 Å². The maximum absolute atomic E-state index is 11.0. The average molecular weight is 240 g/mol. The van der Waals surface area contributed by atoms with Crippen molar-refractivity contribution < 1.29 is 16.4 Å². The molecule has 0 unspecified atom stereocenters. The van der Waals surface area contributed by atoms with E-state index in [1.807, 2.05) is 0 Å². The van der Waals surface area contributed by atoms with E-state index in [1.54, 1.807) is 24.3 Å². The molecule has 88 valence electrons. The van der Waals surface area contributed by atoms with Crippen LogP contribution in [0, 0.1) is 0 Å². The second-order valence-corrected chi connectivity index (χ2v) is 3.93. The lowest BCUT2D eigenvalue weighted by atomic mass is 10.0. The Morgan fingerprint density at radius 3 is 2.78 bits per heavy atom. The third kappa shape index (κ3) is 1.47. The lowest BCUT2D eigenvalue weighted by Crippen LogP contribution is -1.99. The van der Waals surface area contributed by atoms with E-state index in [9.17, 15) is 9.90 Å². The standard InChI is InChI=1S/C14H9NO3/c16-11-3-1-2-8-4-5-9-6-7-10(14(17)18)15-13(9)12(8)11/h1-7,16H,(H,17,18)/i4D. The van der Waals surface area contributed by atoms with Crippen LogP contribution in [0.15, 0.2) is 42.4 Å². The first-order chi connectivity index (χ1) is 9.08. The van der Waals surface area contributed by atoms with E-state index in [-0.39, 0.29) is 17.5 Å². The largest absolute Gasteiger partial charge is 0.507 e. The van der Waals surface area contributed by atoms with E-state index >= 15 is 0 Å². The molecule has 0 aliphatic heterocycles. The fraction of sp³-hybridized carbons (Fsp3) is 0. The Kier molecular flexibility index (Phi) is 1.93. The lowest BCUT2D eigenvalue weighted by molar-refractivity contribution is 0.0691. The normalized spacial score (nSPS) is 11.7. The van der Waals surface area contributed by atoms with Gasteiger partial charge in [0.2, 0.25) is 0 Å². The maximum Gasteiger partial charge on any atom is 0.354 e. The van der Waals surface area contributed by atoms with Crippen molar-refractivity contribution in [2.24, 2.45) is 0 Å². The van der Waals surface area contributed by atoms with Gasteiger partial charge in [0.1, 0.15) is 11.4 Å². The second-order valence-electron chi connectivity index (χ2n) is 3.93. The van der Waals surface area contributed by atoms with Crippen molar-refractivity contribution in [3.05, 3.63) is 48.1 Å². The number of aromatic nitrogens is 1. The maximum atomic E-state index is 11.0. The molecule has 0 radical (unpaired) electrons. The summed E-state index contributed by atoms with van der Waals surface area (Å²) in [5, 5.41) is 20.5. The van der Waals surface area contributed by atoms with Crippen molar-refractivity contribution in [3.8, 4) is 5.75 Å². The van der Waals surface area contributed by atoms with Gasteiger partial charge in [0.25, 0.3) is 0 Å². The van der Waals surface area contributed by atoms with Crippen LogP contribution >= 0.6 is 0 Å². The molecule has 0 atom stereocenters. The molecule has 2 aromatic carbocycles. The third-order valence-corrected chi connectivity index (χ3v) is 2.81. The van der Waals surface area contributed by atoms with Crippen LogP contribution in [0.25, 0.3) is 21.7 Å². The van der Waals surface area contributed by atoms with E-state index in [2.05, 4.69) is 4.98 Å². The Morgan fingerprint density at radius 2 is 2.00 bits per heavy atom. The second kappa shape index (κ2) is 3.70. The summed E-state index contributed by atoms with van der Waals surface area (Å²) in [5.74, 6) is -1.13. The van der Waals surface area contributed by atoms with Gasteiger partial charge in [0, 0.05) is 10.8 Å². The van der Waals surface area contributed by atoms with E-state index in [0.717, 1.165) is 0 Å². The Hall–Kier alpha value is -2.62. The van der Waals surface area contributed by atoms with Crippen LogP contribution in [0.3, 0.4) is 0 Å². The summed E-state index contributed by atoms with van der Waals surface area (Å²) in [6, 6.07) is 9.69. The number of aromatic hydroxyl groups is 1. The summed E-state index contributed by atoms with van der Waals surface area (Å²) < 4.78 is 7.93. The predicted molar refractivity (Wildman–Crippen MR) is 67.9 cm³/mol. The molecule has 2 N–H and O–H groups in total. The lowest BCUT2D eigenvalue weighted by Gasteiger charge is -2.05. The zero-order chi connectivity index (χ0) is 13.6. The molecule has 0 amide bonds. The number of phenols is 1. The molecule has 0 saturated heterocycles. The van der Waals surface area contributed by atoms with Crippen molar-refractivity contribution in [2.75, 3.05) is 0 Å². The fourth-order valence-electron chi connectivity index (χ4n) is 1.97. The van der Waals surface area contributed by atoms with Crippen molar-refractivity contribution in [1.29, 1.82) is 0 Å². The number of carboxylic acid groups (broad SMARTS) is 1. The third-order valence-electron chi connectivity index (χ3n) is 2.81. The average Bonchev–Trinajstić information content (AvgIpc) is 2.38. The first-order valence-electron chi connectivity index (χ1n) is 5.83. The molecule has 3 rings (SSSR count). The molecule has 3 aromatic rings. The molecule has 4 nitrogen and oxygen atoms in total. The van der Waals surface area contributed by atoms with E-state index in [1.165, 1.54) is 12.1 Å². The molecule has 0 saturated carbocycles. The van der Waals surface area contributed by atoms with Gasteiger partial charge in [-0.2, -0.15) is 0 Å². The number of benzene rings is 2. The Balaban J connectivity index is 2.55. The molecular weight excluding hydrogens is 230 g/mol. The number of rotatable bonds is 1.